The molecule has 104 valence electrons. The van der Waals surface area contributed by atoms with Gasteiger partial charge in [-0.15, -0.1) is 0 Å². The Bertz CT molecular complexity index is 444. The number of nitriles is 1. The largest absolute Gasteiger partial charge is 0.368 e. The summed E-state index contributed by atoms with van der Waals surface area (Å²) in [5.41, 5.74) is 1.86. The Morgan fingerprint density at radius 1 is 1.37 bits per heavy atom. The van der Waals surface area contributed by atoms with Gasteiger partial charge >= 0.3 is 0 Å². The number of anilines is 1. The maximum atomic E-state index is 9.17. The molecule has 0 radical (unpaired) electrons. The van der Waals surface area contributed by atoms with E-state index in [1.54, 1.807) is 6.20 Å². The molecule has 0 unspecified atom stereocenters. The third-order valence-electron chi connectivity index (χ3n) is 3.46. The second kappa shape index (κ2) is 7.13. The minimum atomic E-state index is 0.229. The summed E-state index contributed by atoms with van der Waals surface area (Å²) in [4.78, 5) is 4.28. The highest BCUT2D eigenvalue weighted by Crippen LogP contribution is 2.25. The first-order valence-electron chi connectivity index (χ1n) is 7.10. The monoisotopic (exact) mass is 259 g/mol. The molecule has 0 bridgehead atoms. The van der Waals surface area contributed by atoms with Gasteiger partial charge in [0.2, 0.25) is 0 Å². The van der Waals surface area contributed by atoms with Crippen LogP contribution in [0.25, 0.3) is 0 Å². The van der Waals surface area contributed by atoms with Crippen LogP contribution >= 0.6 is 0 Å². The fourth-order valence-electron chi connectivity index (χ4n) is 2.10. The topological polar surface area (TPSA) is 48.7 Å². The molecule has 0 fully saturated rings. The van der Waals surface area contributed by atoms with E-state index in [-0.39, 0.29) is 5.41 Å². The fraction of sp³-hybridized carbons (Fsp3) is 0.625. The average molecular weight is 259 g/mol. The lowest BCUT2D eigenvalue weighted by Crippen LogP contribution is -2.24. The van der Waals surface area contributed by atoms with Gasteiger partial charge in [0.15, 0.2) is 0 Å². The highest BCUT2D eigenvalue weighted by molar-refractivity contribution is 5.55. The number of hydrogen-bond acceptors (Lipinski definition) is 3. The number of pyridine rings is 1. The Labute approximate surface area is 117 Å². The van der Waals surface area contributed by atoms with Crippen molar-refractivity contribution < 1.29 is 0 Å². The molecule has 3 nitrogen and oxygen atoms in total. The molecule has 1 heterocycles. The Morgan fingerprint density at radius 3 is 2.74 bits per heavy atom. The highest BCUT2D eigenvalue weighted by atomic mass is 15.0. The number of nitrogens with one attached hydrogen (secondary N) is 1. The van der Waals surface area contributed by atoms with Crippen LogP contribution in [0.3, 0.4) is 0 Å². The van der Waals surface area contributed by atoms with E-state index < -0.39 is 0 Å². The van der Waals surface area contributed by atoms with Gasteiger partial charge in [0.25, 0.3) is 0 Å². The van der Waals surface area contributed by atoms with Gasteiger partial charge in [-0.25, -0.2) is 4.98 Å². The lowest BCUT2D eigenvalue weighted by molar-refractivity contribution is 0.342. The molecular weight excluding hydrogens is 234 g/mol. The van der Waals surface area contributed by atoms with Crippen molar-refractivity contribution in [1.29, 1.82) is 5.26 Å². The minimum absolute atomic E-state index is 0.229. The van der Waals surface area contributed by atoms with Crippen molar-refractivity contribution in [3.63, 3.8) is 0 Å². The van der Waals surface area contributed by atoms with Crippen LogP contribution in [-0.2, 0) is 0 Å². The molecule has 0 aromatic carbocycles. The van der Waals surface area contributed by atoms with Gasteiger partial charge in [-0.3, -0.25) is 0 Å². The van der Waals surface area contributed by atoms with E-state index in [9.17, 15) is 5.26 Å². The number of rotatable bonds is 7. The molecule has 0 amide bonds. The second-order valence-corrected chi connectivity index (χ2v) is 5.94. The predicted molar refractivity (Wildman–Crippen MR) is 80.1 cm³/mol. The number of hydrogen-bond donors (Lipinski definition) is 1. The molecule has 0 saturated carbocycles. The van der Waals surface area contributed by atoms with Gasteiger partial charge in [-0.1, -0.05) is 40.0 Å². The van der Waals surface area contributed by atoms with Crippen molar-refractivity contribution in [2.45, 2.75) is 53.4 Å². The molecule has 1 N–H and O–H groups in total. The van der Waals surface area contributed by atoms with Crippen LogP contribution in [0.15, 0.2) is 12.3 Å². The molecule has 1 rings (SSSR count). The molecule has 1 aromatic rings. The van der Waals surface area contributed by atoms with Gasteiger partial charge < -0.3 is 5.32 Å². The van der Waals surface area contributed by atoms with Crippen molar-refractivity contribution in [2.75, 3.05) is 11.9 Å². The zero-order chi connectivity index (χ0) is 14.3. The molecule has 3 heteroatoms. The van der Waals surface area contributed by atoms with Gasteiger partial charge in [0, 0.05) is 12.7 Å². The minimum Gasteiger partial charge on any atom is -0.368 e. The summed E-state index contributed by atoms with van der Waals surface area (Å²) in [6, 6.07) is 4.10. The molecule has 0 aliphatic carbocycles. The van der Waals surface area contributed by atoms with E-state index >= 15 is 0 Å². The number of aryl methyl sites for hydroxylation is 1. The SMILES string of the molecule is CCCCCC(C)(C)CNc1nccc(C)c1C#N. The molecule has 0 aliphatic heterocycles. The number of aromatic nitrogens is 1. The summed E-state index contributed by atoms with van der Waals surface area (Å²) in [7, 11) is 0. The summed E-state index contributed by atoms with van der Waals surface area (Å²) < 4.78 is 0. The first-order chi connectivity index (χ1) is 9.00. The van der Waals surface area contributed by atoms with Crippen LogP contribution in [0.1, 0.15) is 57.6 Å². The van der Waals surface area contributed by atoms with Gasteiger partial charge in [0.05, 0.1) is 5.56 Å². The van der Waals surface area contributed by atoms with Crippen LogP contribution in [0.4, 0.5) is 5.82 Å². The average Bonchev–Trinajstić information content (AvgIpc) is 2.37. The van der Waals surface area contributed by atoms with E-state index in [1.807, 2.05) is 13.0 Å². The Hall–Kier alpha value is -1.56. The molecule has 0 atom stereocenters. The first-order valence-corrected chi connectivity index (χ1v) is 7.10. The molecular formula is C16H25N3. The predicted octanol–water partition coefficient (Wildman–Crippen LogP) is 4.28. The van der Waals surface area contributed by atoms with Crippen LogP contribution in [0, 0.1) is 23.7 Å². The lowest BCUT2D eigenvalue weighted by atomic mass is 9.87. The summed E-state index contributed by atoms with van der Waals surface area (Å²) >= 11 is 0. The molecule has 0 saturated heterocycles. The van der Waals surface area contributed by atoms with Crippen molar-refractivity contribution in [3.05, 3.63) is 23.4 Å². The Balaban J connectivity index is 2.61. The summed E-state index contributed by atoms with van der Waals surface area (Å²) in [6.45, 7) is 9.54. The quantitative estimate of drug-likeness (QED) is 0.743. The van der Waals surface area contributed by atoms with Crippen LogP contribution in [-0.4, -0.2) is 11.5 Å². The van der Waals surface area contributed by atoms with Crippen molar-refractivity contribution in [1.82, 2.24) is 4.98 Å². The van der Waals surface area contributed by atoms with E-state index in [1.165, 1.54) is 25.7 Å². The van der Waals surface area contributed by atoms with Crippen molar-refractivity contribution >= 4 is 5.82 Å². The third-order valence-corrected chi connectivity index (χ3v) is 3.46. The van der Waals surface area contributed by atoms with E-state index in [4.69, 9.17) is 0 Å². The standard InChI is InChI=1S/C16H25N3/c1-5-6-7-9-16(3,4)12-19-15-14(11-17)13(2)8-10-18-15/h8,10H,5-7,9,12H2,1-4H3,(H,18,19). The molecule has 0 spiro atoms. The summed E-state index contributed by atoms with van der Waals surface area (Å²) in [5.74, 6) is 0.714. The lowest BCUT2D eigenvalue weighted by Gasteiger charge is -2.25. The summed E-state index contributed by atoms with van der Waals surface area (Å²) in [6.07, 6.45) is 6.75. The van der Waals surface area contributed by atoms with E-state index in [2.05, 4.69) is 37.1 Å². The van der Waals surface area contributed by atoms with Crippen molar-refractivity contribution in [2.24, 2.45) is 5.41 Å². The van der Waals surface area contributed by atoms with Crippen LogP contribution in [0.5, 0.6) is 0 Å². The zero-order valence-corrected chi connectivity index (χ0v) is 12.6. The van der Waals surface area contributed by atoms with Crippen LogP contribution in [0.2, 0.25) is 0 Å². The molecule has 19 heavy (non-hydrogen) atoms. The van der Waals surface area contributed by atoms with E-state index in [0.717, 1.165) is 12.1 Å². The highest BCUT2D eigenvalue weighted by Gasteiger charge is 2.18. The molecule has 0 aliphatic rings. The number of nitrogens with zero attached hydrogens (tertiary/aromatic N) is 2. The smallest absolute Gasteiger partial charge is 0.144 e. The Morgan fingerprint density at radius 2 is 2.11 bits per heavy atom. The van der Waals surface area contributed by atoms with Gasteiger partial charge in [-0.05, 0) is 30.4 Å². The maximum Gasteiger partial charge on any atom is 0.144 e. The Kier molecular flexibility index (Phi) is 5.82. The normalized spacial score (nSPS) is 11.1. The van der Waals surface area contributed by atoms with Gasteiger partial charge in [-0.2, -0.15) is 5.26 Å². The molecule has 1 aromatic heterocycles. The van der Waals surface area contributed by atoms with Crippen LogP contribution < -0.4 is 5.32 Å². The number of unbranched alkanes of at least 4 members (excludes halogenated alkanes) is 2. The van der Waals surface area contributed by atoms with Crippen molar-refractivity contribution in [3.8, 4) is 6.07 Å². The maximum absolute atomic E-state index is 9.17. The second-order valence-electron chi connectivity index (χ2n) is 5.94. The third kappa shape index (κ3) is 4.90. The first kappa shape index (κ1) is 15.5. The van der Waals surface area contributed by atoms with E-state index in [0.29, 0.717) is 11.4 Å². The summed E-state index contributed by atoms with van der Waals surface area (Å²) in [5, 5.41) is 12.5. The van der Waals surface area contributed by atoms with Gasteiger partial charge in [0.1, 0.15) is 11.9 Å². The fourth-order valence-corrected chi connectivity index (χ4v) is 2.10. The zero-order valence-electron chi connectivity index (χ0n) is 12.6.